The maximum absolute atomic E-state index is 11.6. The minimum Gasteiger partial charge on any atom is -0.465 e. The molecule has 1 fully saturated rings. The molecule has 5 nitrogen and oxygen atoms in total. The van der Waals surface area contributed by atoms with Gasteiger partial charge in [-0.25, -0.2) is 4.79 Å². The highest BCUT2D eigenvalue weighted by atomic mass is 16.5. The second-order valence-corrected chi connectivity index (χ2v) is 5.77. The normalized spacial score (nSPS) is 23.8. The van der Waals surface area contributed by atoms with Gasteiger partial charge in [0.1, 0.15) is 0 Å². The Morgan fingerprint density at radius 2 is 2.10 bits per heavy atom. The highest BCUT2D eigenvalue weighted by Crippen LogP contribution is 2.44. The topological polar surface area (TPSA) is 73.6 Å². The van der Waals surface area contributed by atoms with E-state index in [1.165, 1.54) is 7.11 Å². The largest absolute Gasteiger partial charge is 0.465 e. The van der Waals surface area contributed by atoms with E-state index in [0.29, 0.717) is 11.3 Å². The first-order valence-corrected chi connectivity index (χ1v) is 6.67. The molecule has 0 bridgehead atoms. The summed E-state index contributed by atoms with van der Waals surface area (Å²) >= 11 is 0. The molecule has 0 spiro atoms. The predicted molar refractivity (Wildman–Crippen MR) is 78.8 cm³/mol. The molecule has 110 valence electrons. The molecule has 0 heterocycles. The first-order chi connectivity index (χ1) is 9.40. The summed E-state index contributed by atoms with van der Waals surface area (Å²) in [6.07, 6.45) is 1.16. The molecule has 0 amide bonds. The average molecular weight is 278 g/mol. The van der Waals surface area contributed by atoms with Crippen molar-refractivity contribution in [2.75, 3.05) is 25.3 Å². The molecular formula is C15H22N2O3. The smallest absolute Gasteiger partial charge is 0.337 e. The molecule has 3 N–H and O–H groups in total. The van der Waals surface area contributed by atoms with Crippen molar-refractivity contribution in [1.29, 1.82) is 0 Å². The number of nitrogen functional groups attached to an aromatic ring is 1. The standard InChI is InChI=1S/C15H22N2O3/c1-15(2)12(8-13(15)19-3)17-11-7-9(14(18)20-4)5-6-10(11)16/h5-7,12-13,17H,8,16H2,1-4H3. The van der Waals surface area contributed by atoms with Crippen LogP contribution in [0.15, 0.2) is 18.2 Å². The summed E-state index contributed by atoms with van der Waals surface area (Å²) in [7, 11) is 3.10. The zero-order chi connectivity index (χ0) is 14.9. The van der Waals surface area contributed by atoms with Crippen LogP contribution < -0.4 is 11.1 Å². The van der Waals surface area contributed by atoms with E-state index in [4.69, 9.17) is 15.2 Å². The lowest BCUT2D eigenvalue weighted by molar-refractivity contribution is -0.0794. The lowest BCUT2D eigenvalue weighted by Gasteiger charge is -2.51. The van der Waals surface area contributed by atoms with Crippen LogP contribution in [-0.4, -0.2) is 32.3 Å². The van der Waals surface area contributed by atoms with Crippen molar-refractivity contribution >= 4 is 17.3 Å². The molecule has 1 aliphatic carbocycles. The lowest BCUT2D eigenvalue weighted by Crippen LogP contribution is -2.57. The number of ether oxygens (including phenoxy) is 2. The molecule has 0 saturated heterocycles. The van der Waals surface area contributed by atoms with Gasteiger partial charge < -0.3 is 20.5 Å². The second-order valence-electron chi connectivity index (χ2n) is 5.77. The van der Waals surface area contributed by atoms with E-state index in [2.05, 4.69) is 19.2 Å². The highest BCUT2D eigenvalue weighted by Gasteiger charge is 2.48. The van der Waals surface area contributed by atoms with Crippen molar-refractivity contribution in [2.45, 2.75) is 32.4 Å². The van der Waals surface area contributed by atoms with E-state index in [-0.39, 0.29) is 23.5 Å². The Morgan fingerprint density at radius 1 is 1.40 bits per heavy atom. The van der Waals surface area contributed by atoms with Crippen LogP contribution in [0.4, 0.5) is 11.4 Å². The molecule has 2 rings (SSSR count). The fraction of sp³-hybridized carbons (Fsp3) is 0.533. The number of carbonyl (C=O) groups excluding carboxylic acids is 1. The monoisotopic (exact) mass is 278 g/mol. The summed E-state index contributed by atoms with van der Waals surface area (Å²) in [5.41, 5.74) is 7.87. The van der Waals surface area contributed by atoms with Gasteiger partial charge in [0.25, 0.3) is 0 Å². The van der Waals surface area contributed by atoms with Gasteiger partial charge in [-0.2, -0.15) is 0 Å². The van der Waals surface area contributed by atoms with Crippen LogP contribution in [0, 0.1) is 5.41 Å². The molecule has 20 heavy (non-hydrogen) atoms. The van der Waals surface area contributed by atoms with E-state index in [0.717, 1.165) is 12.1 Å². The summed E-state index contributed by atoms with van der Waals surface area (Å²) in [5, 5.41) is 3.41. The van der Waals surface area contributed by atoms with Gasteiger partial charge >= 0.3 is 5.97 Å². The van der Waals surface area contributed by atoms with Crippen molar-refractivity contribution in [3.05, 3.63) is 23.8 Å². The molecule has 1 aromatic rings. The third-order valence-corrected chi connectivity index (χ3v) is 4.27. The predicted octanol–water partition coefficient (Wildman–Crippen LogP) is 2.28. The molecule has 0 aliphatic heterocycles. The Balaban J connectivity index is 2.16. The zero-order valence-corrected chi connectivity index (χ0v) is 12.4. The van der Waals surface area contributed by atoms with Crippen LogP contribution in [0.25, 0.3) is 0 Å². The number of hydrogen-bond donors (Lipinski definition) is 2. The summed E-state index contributed by atoms with van der Waals surface area (Å²) in [5.74, 6) is -0.365. The van der Waals surface area contributed by atoms with Crippen molar-refractivity contribution in [2.24, 2.45) is 5.41 Å². The van der Waals surface area contributed by atoms with Gasteiger partial charge in [0.15, 0.2) is 0 Å². The number of nitrogens with one attached hydrogen (secondary N) is 1. The molecule has 5 heteroatoms. The molecule has 0 aromatic heterocycles. The minimum atomic E-state index is -0.365. The van der Waals surface area contributed by atoms with E-state index in [1.54, 1.807) is 25.3 Å². The molecular weight excluding hydrogens is 256 g/mol. The van der Waals surface area contributed by atoms with E-state index in [1.807, 2.05) is 0 Å². The summed E-state index contributed by atoms with van der Waals surface area (Å²) in [6.45, 7) is 4.31. The molecule has 2 atom stereocenters. The van der Waals surface area contributed by atoms with Gasteiger partial charge in [-0.1, -0.05) is 13.8 Å². The molecule has 1 aromatic carbocycles. The van der Waals surface area contributed by atoms with Gasteiger partial charge in [0, 0.05) is 18.6 Å². The van der Waals surface area contributed by atoms with Crippen LogP contribution in [0.5, 0.6) is 0 Å². The highest BCUT2D eigenvalue weighted by molar-refractivity contribution is 5.92. The van der Waals surface area contributed by atoms with Crippen LogP contribution in [0.3, 0.4) is 0 Å². The van der Waals surface area contributed by atoms with Gasteiger partial charge in [-0.15, -0.1) is 0 Å². The third kappa shape index (κ3) is 2.45. The third-order valence-electron chi connectivity index (χ3n) is 4.27. The van der Waals surface area contributed by atoms with Crippen molar-refractivity contribution in [1.82, 2.24) is 0 Å². The Hall–Kier alpha value is -1.75. The van der Waals surface area contributed by atoms with Gasteiger partial charge in [-0.05, 0) is 24.6 Å². The van der Waals surface area contributed by atoms with Crippen LogP contribution in [-0.2, 0) is 9.47 Å². The minimum absolute atomic E-state index is 0.0302. The van der Waals surface area contributed by atoms with Crippen LogP contribution in [0.1, 0.15) is 30.6 Å². The quantitative estimate of drug-likeness (QED) is 0.653. The summed E-state index contributed by atoms with van der Waals surface area (Å²) in [6, 6.07) is 5.38. The van der Waals surface area contributed by atoms with Gasteiger partial charge in [0.05, 0.1) is 30.2 Å². The van der Waals surface area contributed by atoms with E-state index in [9.17, 15) is 4.79 Å². The van der Waals surface area contributed by atoms with Crippen LogP contribution in [0.2, 0.25) is 0 Å². The summed E-state index contributed by atoms with van der Waals surface area (Å²) in [4.78, 5) is 11.6. The van der Waals surface area contributed by atoms with Gasteiger partial charge in [0.2, 0.25) is 0 Å². The summed E-state index contributed by atoms with van der Waals surface area (Å²) < 4.78 is 10.2. The Bertz CT molecular complexity index is 514. The Morgan fingerprint density at radius 3 is 2.65 bits per heavy atom. The van der Waals surface area contributed by atoms with Crippen molar-refractivity contribution in [3.8, 4) is 0 Å². The zero-order valence-electron chi connectivity index (χ0n) is 12.4. The first-order valence-electron chi connectivity index (χ1n) is 6.67. The molecule has 0 radical (unpaired) electrons. The number of methoxy groups -OCH3 is 2. The average Bonchev–Trinajstić information content (AvgIpc) is 2.43. The molecule has 1 saturated carbocycles. The number of benzene rings is 1. The number of nitrogens with two attached hydrogens (primary N) is 1. The fourth-order valence-electron chi connectivity index (χ4n) is 2.64. The number of carbonyl (C=O) groups is 1. The number of anilines is 2. The number of hydrogen-bond acceptors (Lipinski definition) is 5. The van der Waals surface area contributed by atoms with Crippen molar-refractivity contribution < 1.29 is 14.3 Å². The molecule has 2 unspecified atom stereocenters. The first kappa shape index (κ1) is 14.7. The molecule has 1 aliphatic rings. The van der Waals surface area contributed by atoms with Gasteiger partial charge in [-0.3, -0.25) is 0 Å². The fourth-order valence-corrected chi connectivity index (χ4v) is 2.64. The maximum atomic E-state index is 11.6. The van der Waals surface area contributed by atoms with E-state index < -0.39 is 0 Å². The SMILES string of the molecule is COC(=O)c1ccc(N)c(NC2CC(OC)C2(C)C)c1. The van der Waals surface area contributed by atoms with E-state index >= 15 is 0 Å². The lowest BCUT2D eigenvalue weighted by atomic mass is 9.64. The second kappa shape index (κ2) is 5.32. The van der Waals surface area contributed by atoms with Crippen molar-refractivity contribution in [3.63, 3.8) is 0 Å². The number of rotatable bonds is 4. The van der Waals surface area contributed by atoms with Crippen LogP contribution >= 0.6 is 0 Å². The Kier molecular flexibility index (Phi) is 3.90. The maximum Gasteiger partial charge on any atom is 0.337 e. The Labute approximate surface area is 119 Å². The number of esters is 1.